The van der Waals surface area contributed by atoms with Gasteiger partial charge in [-0.1, -0.05) is 19.1 Å². The van der Waals surface area contributed by atoms with E-state index in [2.05, 4.69) is 25.9 Å². The first-order valence-electron chi connectivity index (χ1n) is 5.55. The van der Waals surface area contributed by atoms with Crippen molar-refractivity contribution in [2.75, 3.05) is 11.9 Å². The number of H-pyrrole nitrogens is 1. The van der Waals surface area contributed by atoms with Gasteiger partial charge in [-0.05, 0) is 17.3 Å². The zero-order valence-corrected chi connectivity index (χ0v) is 9.92. The molecule has 94 valence electrons. The van der Waals surface area contributed by atoms with Crippen LogP contribution in [0.2, 0.25) is 0 Å². The van der Waals surface area contributed by atoms with Gasteiger partial charge < -0.3 is 11.1 Å². The first-order valence-corrected chi connectivity index (χ1v) is 5.55. The molecule has 4 N–H and O–H groups in total. The second-order valence-corrected chi connectivity index (χ2v) is 3.94. The van der Waals surface area contributed by atoms with E-state index in [9.17, 15) is 4.79 Å². The Morgan fingerprint density at radius 3 is 3.06 bits per heavy atom. The van der Waals surface area contributed by atoms with E-state index in [0.717, 1.165) is 5.56 Å². The summed E-state index contributed by atoms with van der Waals surface area (Å²) in [7, 11) is 0. The van der Waals surface area contributed by atoms with Crippen molar-refractivity contribution in [3.8, 4) is 11.4 Å². The topological polar surface area (TPSA) is 110 Å². The summed E-state index contributed by atoms with van der Waals surface area (Å²) in [4.78, 5) is 11.7. The molecule has 0 radical (unpaired) electrons. The average Bonchev–Trinajstić information content (AvgIpc) is 2.92. The molecule has 1 amide bonds. The molecule has 0 aliphatic carbocycles. The van der Waals surface area contributed by atoms with Crippen LogP contribution in [0.4, 0.5) is 5.69 Å². The fourth-order valence-corrected chi connectivity index (χ4v) is 1.39. The van der Waals surface area contributed by atoms with Crippen LogP contribution in [0.25, 0.3) is 11.4 Å². The summed E-state index contributed by atoms with van der Waals surface area (Å²) in [6.07, 6.45) is 0. The number of benzene rings is 1. The Hall–Kier alpha value is -2.28. The Morgan fingerprint density at radius 2 is 2.39 bits per heavy atom. The molecule has 1 heterocycles. The Kier molecular flexibility index (Phi) is 3.63. The van der Waals surface area contributed by atoms with Crippen molar-refractivity contribution in [3.05, 3.63) is 24.3 Å². The van der Waals surface area contributed by atoms with Gasteiger partial charge >= 0.3 is 0 Å². The largest absolute Gasteiger partial charge is 0.330 e. The Balaban J connectivity index is 2.16. The number of hydrogen-bond acceptors (Lipinski definition) is 5. The van der Waals surface area contributed by atoms with E-state index in [0.29, 0.717) is 18.1 Å². The van der Waals surface area contributed by atoms with Gasteiger partial charge in [-0.2, -0.15) is 5.21 Å². The maximum Gasteiger partial charge on any atom is 0.228 e. The number of nitrogens with one attached hydrogen (secondary N) is 2. The summed E-state index contributed by atoms with van der Waals surface area (Å²) in [6.45, 7) is 2.09. The lowest BCUT2D eigenvalue weighted by Crippen LogP contribution is -2.26. The molecule has 0 aliphatic heterocycles. The van der Waals surface area contributed by atoms with Gasteiger partial charge in [0, 0.05) is 23.7 Å². The van der Waals surface area contributed by atoms with E-state index >= 15 is 0 Å². The van der Waals surface area contributed by atoms with Crippen molar-refractivity contribution in [1.29, 1.82) is 0 Å². The SMILES string of the molecule is CC(CN)C(=O)Nc1cccc(-c2nn[nH]n2)c1. The third-order valence-corrected chi connectivity index (χ3v) is 2.53. The molecule has 0 saturated carbocycles. The summed E-state index contributed by atoms with van der Waals surface area (Å²) < 4.78 is 0. The van der Waals surface area contributed by atoms with Gasteiger partial charge in [-0.25, -0.2) is 0 Å². The Morgan fingerprint density at radius 1 is 1.56 bits per heavy atom. The number of aromatic nitrogens is 4. The average molecular weight is 246 g/mol. The lowest BCUT2D eigenvalue weighted by atomic mass is 10.1. The number of carbonyl (C=O) groups is 1. The molecule has 0 aliphatic rings. The van der Waals surface area contributed by atoms with Crippen LogP contribution >= 0.6 is 0 Å². The van der Waals surface area contributed by atoms with Crippen LogP contribution in [0.1, 0.15) is 6.92 Å². The molecule has 0 saturated heterocycles. The Bertz CT molecular complexity index is 524. The van der Waals surface area contributed by atoms with Crippen molar-refractivity contribution in [1.82, 2.24) is 20.6 Å². The minimum absolute atomic E-state index is 0.109. The molecule has 0 spiro atoms. The van der Waals surface area contributed by atoms with Gasteiger partial charge in [-0.15, -0.1) is 10.2 Å². The second kappa shape index (κ2) is 5.37. The highest BCUT2D eigenvalue weighted by molar-refractivity contribution is 5.93. The van der Waals surface area contributed by atoms with Crippen LogP contribution in [0.5, 0.6) is 0 Å². The van der Waals surface area contributed by atoms with Crippen LogP contribution in [-0.2, 0) is 4.79 Å². The number of aromatic amines is 1. The predicted molar refractivity (Wildman–Crippen MR) is 66.5 cm³/mol. The zero-order valence-electron chi connectivity index (χ0n) is 9.92. The first kappa shape index (κ1) is 12.2. The van der Waals surface area contributed by atoms with Gasteiger partial charge in [0.1, 0.15) is 0 Å². The summed E-state index contributed by atoms with van der Waals surface area (Å²) in [5.41, 5.74) is 6.90. The van der Waals surface area contributed by atoms with Gasteiger partial charge in [-0.3, -0.25) is 4.79 Å². The summed E-state index contributed by atoms with van der Waals surface area (Å²) in [6, 6.07) is 7.23. The molecule has 1 unspecified atom stereocenters. The standard InChI is InChI=1S/C11H14N6O/c1-7(6-12)11(18)13-9-4-2-3-8(5-9)10-14-16-17-15-10/h2-5,7H,6,12H2,1H3,(H,13,18)(H,14,15,16,17). The number of nitrogens with two attached hydrogens (primary N) is 1. The number of rotatable bonds is 4. The fraction of sp³-hybridized carbons (Fsp3) is 0.273. The van der Waals surface area contributed by atoms with Crippen molar-refractivity contribution < 1.29 is 4.79 Å². The van der Waals surface area contributed by atoms with E-state index in [-0.39, 0.29) is 11.8 Å². The molecule has 2 aromatic rings. The van der Waals surface area contributed by atoms with Crippen molar-refractivity contribution >= 4 is 11.6 Å². The van der Waals surface area contributed by atoms with Crippen molar-refractivity contribution in [2.24, 2.45) is 11.7 Å². The molecule has 7 heteroatoms. The maximum atomic E-state index is 11.7. The molecule has 18 heavy (non-hydrogen) atoms. The van der Waals surface area contributed by atoms with Gasteiger partial charge in [0.15, 0.2) is 0 Å². The summed E-state index contributed by atoms with van der Waals surface area (Å²) in [5, 5.41) is 16.4. The fourth-order valence-electron chi connectivity index (χ4n) is 1.39. The molecule has 7 nitrogen and oxygen atoms in total. The summed E-state index contributed by atoms with van der Waals surface area (Å²) in [5.74, 6) is 0.152. The van der Waals surface area contributed by atoms with E-state index in [1.165, 1.54) is 0 Å². The van der Waals surface area contributed by atoms with E-state index in [1.807, 2.05) is 12.1 Å². The molecule has 1 atom stereocenters. The number of anilines is 1. The number of hydrogen-bond donors (Lipinski definition) is 3. The van der Waals surface area contributed by atoms with Gasteiger partial charge in [0.25, 0.3) is 0 Å². The lowest BCUT2D eigenvalue weighted by Gasteiger charge is -2.10. The zero-order chi connectivity index (χ0) is 13.0. The number of nitrogens with zero attached hydrogens (tertiary/aromatic N) is 3. The van der Waals surface area contributed by atoms with Crippen LogP contribution < -0.4 is 11.1 Å². The van der Waals surface area contributed by atoms with Crippen LogP contribution in [-0.4, -0.2) is 33.1 Å². The molecular weight excluding hydrogens is 232 g/mol. The van der Waals surface area contributed by atoms with Crippen molar-refractivity contribution in [3.63, 3.8) is 0 Å². The van der Waals surface area contributed by atoms with Crippen LogP contribution in [0.15, 0.2) is 24.3 Å². The van der Waals surface area contributed by atoms with Crippen LogP contribution in [0, 0.1) is 5.92 Å². The van der Waals surface area contributed by atoms with Gasteiger partial charge in [0.05, 0.1) is 0 Å². The smallest absolute Gasteiger partial charge is 0.228 e. The van der Waals surface area contributed by atoms with E-state index < -0.39 is 0 Å². The van der Waals surface area contributed by atoms with Crippen molar-refractivity contribution in [2.45, 2.75) is 6.92 Å². The third-order valence-electron chi connectivity index (χ3n) is 2.53. The van der Waals surface area contributed by atoms with E-state index in [4.69, 9.17) is 5.73 Å². The first-order chi connectivity index (χ1) is 8.70. The minimum Gasteiger partial charge on any atom is -0.330 e. The molecule has 1 aromatic carbocycles. The highest BCUT2D eigenvalue weighted by Gasteiger charge is 2.11. The second-order valence-electron chi connectivity index (χ2n) is 3.94. The molecule has 1 aromatic heterocycles. The molecule has 0 fully saturated rings. The quantitative estimate of drug-likeness (QED) is 0.723. The molecule has 2 rings (SSSR count). The van der Waals surface area contributed by atoms with E-state index in [1.54, 1.807) is 19.1 Å². The maximum absolute atomic E-state index is 11.7. The highest BCUT2D eigenvalue weighted by atomic mass is 16.1. The normalized spacial score (nSPS) is 12.1. The number of carbonyl (C=O) groups excluding carboxylic acids is 1. The monoisotopic (exact) mass is 246 g/mol. The summed E-state index contributed by atoms with van der Waals surface area (Å²) >= 11 is 0. The Labute approximate surface area is 104 Å². The minimum atomic E-state index is -0.223. The molecular formula is C11H14N6O. The number of amides is 1. The van der Waals surface area contributed by atoms with Gasteiger partial charge in [0.2, 0.25) is 11.7 Å². The lowest BCUT2D eigenvalue weighted by molar-refractivity contribution is -0.119. The van der Waals surface area contributed by atoms with Crippen LogP contribution in [0.3, 0.4) is 0 Å². The highest BCUT2D eigenvalue weighted by Crippen LogP contribution is 2.18. The molecule has 0 bridgehead atoms. The third kappa shape index (κ3) is 2.69. The predicted octanol–water partition coefficient (Wildman–Crippen LogP) is 0.400. The number of tetrazole rings is 1.